The Morgan fingerprint density at radius 3 is 2.47 bits per heavy atom. The zero-order chi connectivity index (χ0) is 39.7. The van der Waals surface area contributed by atoms with Crippen molar-refractivity contribution in [2.45, 2.75) is 42.1 Å². The molecule has 0 spiro atoms. The third-order valence-electron chi connectivity index (χ3n) is 11.9. The van der Waals surface area contributed by atoms with Crippen LogP contribution < -0.4 is 10.2 Å². The first-order chi connectivity index (χ1) is 27.5. The number of allylic oxidation sites excluding steroid dienone is 9. The highest BCUT2D eigenvalue weighted by atomic mass is 32.2. The Hall–Kier alpha value is -4.83. The van der Waals surface area contributed by atoms with Gasteiger partial charge in [-0.25, -0.2) is 0 Å². The third-order valence-corrected chi connectivity index (χ3v) is 14.7. The van der Waals surface area contributed by atoms with E-state index < -0.39 is 11.8 Å². The van der Waals surface area contributed by atoms with Crippen molar-refractivity contribution in [1.82, 2.24) is 10.2 Å². The molecule has 2 aliphatic heterocycles. The summed E-state index contributed by atoms with van der Waals surface area (Å²) >= 11 is 3.77. The summed E-state index contributed by atoms with van der Waals surface area (Å²) in [4.78, 5) is 43.8. The van der Waals surface area contributed by atoms with Crippen LogP contribution in [-0.4, -0.2) is 77.0 Å². The molecule has 1 saturated heterocycles. The summed E-state index contributed by atoms with van der Waals surface area (Å²) in [5.41, 5.74) is 8.21. The van der Waals surface area contributed by atoms with Gasteiger partial charge in [0.2, 0.25) is 5.91 Å². The molecule has 0 saturated carbocycles. The summed E-state index contributed by atoms with van der Waals surface area (Å²) in [6, 6.07) is 24.9. The molecule has 9 heteroatoms. The minimum Gasteiger partial charge on any atom is -0.361 e. The van der Waals surface area contributed by atoms with Gasteiger partial charge in [0.25, 0.3) is 0 Å². The zero-order valence-corrected chi connectivity index (χ0v) is 34.8. The van der Waals surface area contributed by atoms with E-state index >= 15 is 0 Å². The lowest BCUT2D eigenvalue weighted by Crippen LogP contribution is -2.43. The second kappa shape index (κ2) is 16.2. The summed E-state index contributed by atoms with van der Waals surface area (Å²) < 4.78 is 0.897. The molecule has 7 nitrogen and oxygen atoms in total. The van der Waals surface area contributed by atoms with Crippen LogP contribution in [0.2, 0.25) is 0 Å². The monoisotopic (exact) mass is 795 g/mol. The van der Waals surface area contributed by atoms with Crippen molar-refractivity contribution in [1.29, 1.82) is 0 Å². The molecule has 3 aliphatic carbocycles. The molecule has 0 radical (unpaired) electrons. The van der Waals surface area contributed by atoms with E-state index in [1.54, 1.807) is 17.8 Å². The number of hydrogen-bond acceptors (Lipinski definition) is 7. The minimum absolute atomic E-state index is 0.0171. The standard InChI is InChI=1S/C48H50N4O3S2/c1-48-25-13-12-21-42(48)52(3,4)45(57-48)31-34-30-44(51(35-15-6-5-7-16-35)41-20-11-10-17-36(34)41)50(2)27-14-22-43(53)49-26-28-56-32-33-23-24-39-40(29-33)47(55)38-19-9-8-18-37(38)46(39)54/h5-13,15-21,23-24,29-31,37-38,45H,14,22,25-28,32H2,1-4H3/p+1/b34-31+. The first-order valence-corrected chi connectivity index (χ1v) is 22.0. The van der Waals surface area contributed by atoms with Crippen molar-refractivity contribution in [3.05, 3.63) is 161 Å². The van der Waals surface area contributed by atoms with Crippen molar-refractivity contribution in [3.63, 3.8) is 0 Å². The van der Waals surface area contributed by atoms with E-state index in [0.717, 1.165) is 46.0 Å². The molecule has 4 atom stereocenters. The highest BCUT2D eigenvalue weighted by Gasteiger charge is 2.53. The lowest BCUT2D eigenvalue weighted by molar-refractivity contribution is -0.853. The topological polar surface area (TPSA) is 69.7 Å². The zero-order valence-electron chi connectivity index (χ0n) is 33.2. The van der Waals surface area contributed by atoms with Gasteiger partial charge in [0.1, 0.15) is 11.5 Å². The summed E-state index contributed by atoms with van der Waals surface area (Å²) in [5, 5.41) is 3.36. The van der Waals surface area contributed by atoms with E-state index in [-0.39, 0.29) is 27.6 Å². The van der Waals surface area contributed by atoms with Crippen molar-refractivity contribution in [3.8, 4) is 0 Å². The minimum atomic E-state index is -0.404. The molecule has 0 aromatic heterocycles. The van der Waals surface area contributed by atoms with Crippen LogP contribution in [0.15, 0.2) is 139 Å². The number of carbonyl (C=O) groups is 3. The van der Waals surface area contributed by atoms with Crippen LogP contribution in [0.3, 0.4) is 0 Å². The van der Waals surface area contributed by atoms with E-state index in [0.29, 0.717) is 36.3 Å². The maximum absolute atomic E-state index is 13.2. The summed E-state index contributed by atoms with van der Waals surface area (Å²) in [7, 11) is 6.79. The molecule has 3 aromatic rings. The summed E-state index contributed by atoms with van der Waals surface area (Å²) in [6.07, 6.45) is 21.2. The average Bonchev–Trinajstić information content (AvgIpc) is 3.43. The molecule has 1 amide bonds. The number of anilines is 2. The number of likely N-dealkylation sites (N-methyl/N-ethyl adjacent to an activating group) is 1. The van der Waals surface area contributed by atoms with E-state index in [1.165, 1.54) is 16.8 Å². The molecule has 3 aromatic carbocycles. The van der Waals surface area contributed by atoms with Gasteiger partial charge in [-0.3, -0.25) is 23.8 Å². The van der Waals surface area contributed by atoms with Gasteiger partial charge >= 0.3 is 0 Å². The molecule has 57 heavy (non-hydrogen) atoms. The quantitative estimate of drug-likeness (QED) is 0.145. The fourth-order valence-electron chi connectivity index (χ4n) is 8.84. The number of benzene rings is 3. The molecule has 1 N–H and O–H groups in total. The van der Waals surface area contributed by atoms with Crippen molar-refractivity contribution >= 4 is 57.9 Å². The fourth-order valence-corrected chi connectivity index (χ4v) is 11.4. The van der Waals surface area contributed by atoms with Crippen LogP contribution in [0.25, 0.3) is 5.57 Å². The number of hydrogen-bond donors (Lipinski definition) is 1. The van der Waals surface area contributed by atoms with Crippen molar-refractivity contribution in [2.24, 2.45) is 11.8 Å². The number of ketones is 2. The highest BCUT2D eigenvalue weighted by molar-refractivity contribution is 8.01. The lowest BCUT2D eigenvalue weighted by Gasteiger charge is -2.39. The molecule has 1 fully saturated rings. The molecular weight excluding hydrogens is 745 g/mol. The maximum atomic E-state index is 13.2. The Kier molecular flexibility index (Phi) is 11.1. The Labute approximate surface area is 345 Å². The number of thioether (sulfide) groups is 2. The van der Waals surface area contributed by atoms with Crippen LogP contribution in [0.4, 0.5) is 11.4 Å². The second-order valence-electron chi connectivity index (χ2n) is 16.1. The number of carbonyl (C=O) groups excluding carboxylic acids is 3. The van der Waals surface area contributed by atoms with Gasteiger partial charge in [-0.2, -0.15) is 11.8 Å². The Bertz CT molecular complexity index is 2270. The number of quaternary nitrogens is 1. The number of nitrogens with zero attached hydrogens (tertiary/aromatic N) is 3. The lowest BCUT2D eigenvalue weighted by atomic mass is 9.72. The van der Waals surface area contributed by atoms with Gasteiger partial charge in [0.15, 0.2) is 16.9 Å². The maximum Gasteiger partial charge on any atom is 0.220 e. The average molecular weight is 796 g/mol. The van der Waals surface area contributed by atoms with Gasteiger partial charge in [-0.05, 0) is 73.4 Å². The third kappa shape index (κ3) is 7.65. The van der Waals surface area contributed by atoms with Crippen LogP contribution in [0.5, 0.6) is 0 Å². The van der Waals surface area contributed by atoms with Crippen LogP contribution in [0, 0.1) is 11.8 Å². The molecule has 5 aliphatic rings. The van der Waals surface area contributed by atoms with Gasteiger partial charge in [-0.15, -0.1) is 0 Å². The summed E-state index contributed by atoms with van der Waals surface area (Å²) in [5.74, 6) is 1.83. The van der Waals surface area contributed by atoms with Crippen LogP contribution in [-0.2, 0) is 10.5 Å². The highest BCUT2D eigenvalue weighted by Crippen LogP contribution is 2.55. The number of nitrogens with one attached hydrogen (secondary N) is 1. The molecular formula is C48H51N4O3S2+. The molecule has 4 unspecified atom stereocenters. The summed E-state index contributed by atoms with van der Waals surface area (Å²) in [6.45, 7) is 3.67. The van der Waals surface area contributed by atoms with Gasteiger partial charge < -0.3 is 10.2 Å². The fraction of sp³-hybridized carbons (Fsp3) is 0.312. The Morgan fingerprint density at radius 2 is 1.70 bits per heavy atom. The second-order valence-corrected chi connectivity index (χ2v) is 18.9. The van der Waals surface area contributed by atoms with Gasteiger partial charge in [-0.1, -0.05) is 96.7 Å². The van der Waals surface area contributed by atoms with Crippen LogP contribution >= 0.6 is 23.5 Å². The number of amides is 1. The largest absolute Gasteiger partial charge is 0.361 e. The van der Waals surface area contributed by atoms with Crippen LogP contribution in [0.1, 0.15) is 58.0 Å². The van der Waals surface area contributed by atoms with E-state index in [4.69, 9.17) is 0 Å². The SMILES string of the molecule is CN(CCCC(=O)NCCSCc1ccc2c(c1)C(=O)C1C=CC=CC1C2=O)C1=C/C(=C\C2SC3(C)CC=CC=C3[N+]2(C)C)c2ccccc2N1c1ccccc1. The van der Waals surface area contributed by atoms with Crippen molar-refractivity contribution in [2.75, 3.05) is 44.9 Å². The first-order valence-electron chi connectivity index (χ1n) is 19.9. The van der Waals surface area contributed by atoms with E-state index in [2.05, 4.69) is 140 Å². The number of fused-ring (bicyclic) bond motifs is 4. The molecule has 8 rings (SSSR count). The number of rotatable bonds is 12. The predicted molar refractivity (Wildman–Crippen MR) is 236 cm³/mol. The number of para-hydroxylation sites is 2. The molecule has 2 heterocycles. The first kappa shape index (κ1) is 39.0. The predicted octanol–water partition coefficient (Wildman–Crippen LogP) is 9.31. The van der Waals surface area contributed by atoms with E-state index in [1.807, 2.05) is 36.4 Å². The smallest absolute Gasteiger partial charge is 0.220 e. The Balaban J connectivity index is 0.893. The molecule has 0 bridgehead atoms. The van der Waals surface area contributed by atoms with Gasteiger partial charge in [0.05, 0.1) is 36.4 Å². The normalized spacial score (nSPS) is 24.7. The van der Waals surface area contributed by atoms with Crippen molar-refractivity contribution < 1.29 is 18.9 Å². The number of Topliss-reactive ketones (excluding diaryl/α,β-unsaturated/α-hetero) is 2. The Morgan fingerprint density at radius 1 is 0.965 bits per heavy atom. The van der Waals surface area contributed by atoms with Gasteiger partial charge in [0, 0.05) is 60.4 Å². The molecule has 292 valence electrons. The van der Waals surface area contributed by atoms with E-state index in [9.17, 15) is 14.4 Å².